The van der Waals surface area contributed by atoms with Gasteiger partial charge < -0.3 is 4.42 Å². The van der Waals surface area contributed by atoms with Gasteiger partial charge in [-0.05, 0) is 42.3 Å². The van der Waals surface area contributed by atoms with E-state index in [4.69, 9.17) is 16.0 Å². The van der Waals surface area contributed by atoms with E-state index in [1.165, 1.54) is 12.1 Å². The van der Waals surface area contributed by atoms with E-state index in [1.807, 2.05) is 19.1 Å². The van der Waals surface area contributed by atoms with E-state index in [2.05, 4.69) is 0 Å². The van der Waals surface area contributed by atoms with Crippen LogP contribution in [0.5, 0.6) is 0 Å². The van der Waals surface area contributed by atoms with E-state index >= 15 is 0 Å². The first kappa shape index (κ1) is 13.6. The van der Waals surface area contributed by atoms with Crippen molar-refractivity contribution in [1.82, 2.24) is 4.57 Å². The summed E-state index contributed by atoms with van der Waals surface area (Å²) in [7, 11) is 0. The molecule has 106 valence electrons. The fourth-order valence-corrected chi connectivity index (χ4v) is 2.38. The van der Waals surface area contributed by atoms with Crippen LogP contribution < -0.4 is 11.3 Å². The summed E-state index contributed by atoms with van der Waals surface area (Å²) < 4.78 is 6.20. The Labute approximate surface area is 125 Å². The Morgan fingerprint density at radius 2 is 1.81 bits per heavy atom. The van der Waals surface area contributed by atoms with Crippen molar-refractivity contribution in [1.29, 1.82) is 0 Å². The van der Waals surface area contributed by atoms with Crippen molar-refractivity contribution < 1.29 is 4.42 Å². The SMILES string of the molecule is CCc1ccc(-n2c(=O)oc3ccc(Cl)cc3c2=O)cc1. The molecule has 0 aliphatic heterocycles. The van der Waals surface area contributed by atoms with Crippen LogP contribution in [0.4, 0.5) is 0 Å². The number of aryl methyl sites for hydroxylation is 1. The first-order valence-electron chi connectivity index (χ1n) is 6.55. The molecule has 0 fully saturated rings. The zero-order valence-electron chi connectivity index (χ0n) is 11.3. The molecular formula is C16H12ClNO3. The first-order chi connectivity index (χ1) is 10.1. The lowest BCUT2D eigenvalue weighted by molar-refractivity contribution is 0.504. The molecule has 2 aromatic carbocycles. The number of hydrogen-bond acceptors (Lipinski definition) is 3. The van der Waals surface area contributed by atoms with Gasteiger partial charge in [0, 0.05) is 5.02 Å². The van der Waals surface area contributed by atoms with Gasteiger partial charge in [-0.3, -0.25) is 4.79 Å². The Balaban J connectivity index is 2.31. The standard InChI is InChI=1S/C16H12ClNO3/c1-2-10-3-6-12(7-4-10)18-15(19)13-9-11(17)5-8-14(13)21-16(18)20/h3-9H,2H2,1H3. The first-order valence-corrected chi connectivity index (χ1v) is 6.92. The van der Waals surface area contributed by atoms with Gasteiger partial charge in [-0.15, -0.1) is 0 Å². The van der Waals surface area contributed by atoms with Gasteiger partial charge in [0.1, 0.15) is 5.58 Å². The highest BCUT2D eigenvalue weighted by atomic mass is 35.5. The molecule has 0 bridgehead atoms. The molecule has 1 heterocycles. The monoisotopic (exact) mass is 301 g/mol. The van der Waals surface area contributed by atoms with Crippen LogP contribution in [-0.4, -0.2) is 4.57 Å². The molecule has 0 spiro atoms. The Morgan fingerprint density at radius 1 is 1.10 bits per heavy atom. The predicted molar refractivity (Wildman–Crippen MR) is 82.5 cm³/mol. The highest BCUT2D eigenvalue weighted by Gasteiger charge is 2.11. The molecule has 0 saturated heterocycles. The fraction of sp³-hybridized carbons (Fsp3) is 0.125. The topological polar surface area (TPSA) is 52.2 Å². The Bertz CT molecular complexity index is 923. The van der Waals surface area contributed by atoms with Crippen molar-refractivity contribution >= 4 is 22.6 Å². The lowest BCUT2D eigenvalue weighted by Gasteiger charge is -2.06. The summed E-state index contributed by atoms with van der Waals surface area (Å²) in [5.41, 5.74) is 1.40. The van der Waals surface area contributed by atoms with Crippen LogP contribution in [0.1, 0.15) is 12.5 Å². The average molecular weight is 302 g/mol. The Morgan fingerprint density at radius 3 is 2.48 bits per heavy atom. The molecule has 0 N–H and O–H groups in total. The molecule has 5 heteroatoms. The van der Waals surface area contributed by atoms with Gasteiger partial charge in [0.15, 0.2) is 0 Å². The van der Waals surface area contributed by atoms with Crippen LogP contribution in [0.25, 0.3) is 16.7 Å². The van der Waals surface area contributed by atoms with Crippen molar-refractivity contribution in [3.8, 4) is 5.69 Å². The van der Waals surface area contributed by atoms with Gasteiger partial charge in [0.05, 0.1) is 11.1 Å². The normalized spacial score (nSPS) is 11.0. The number of fused-ring (bicyclic) bond motifs is 1. The van der Waals surface area contributed by atoms with Crippen molar-refractivity contribution in [2.45, 2.75) is 13.3 Å². The van der Waals surface area contributed by atoms with Crippen LogP contribution >= 0.6 is 11.6 Å². The number of rotatable bonds is 2. The largest absolute Gasteiger partial charge is 0.426 e. The van der Waals surface area contributed by atoms with Gasteiger partial charge in [-0.1, -0.05) is 30.7 Å². The van der Waals surface area contributed by atoms with Crippen LogP contribution in [0.3, 0.4) is 0 Å². The number of hydrogen-bond donors (Lipinski definition) is 0. The molecule has 0 radical (unpaired) electrons. The van der Waals surface area contributed by atoms with Gasteiger partial charge in [-0.25, -0.2) is 9.36 Å². The molecule has 0 amide bonds. The Hall–Kier alpha value is -2.33. The van der Waals surface area contributed by atoms with Gasteiger partial charge in [0.2, 0.25) is 0 Å². The molecule has 0 atom stereocenters. The summed E-state index contributed by atoms with van der Waals surface area (Å²) in [6.07, 6.45) is 0.886. The van der Waals surface area contributed by atoms with Crippen LogP contribution in [0.2, 0.25) is 5.02 Å². The summed E-state index contributed by atoms with van der Waals surface area (Å²) in [5.74, 6) is -0.709. The minimum Gasteiger partial charge on any atom is -0.409 e. The zero-order valence-corrected chi connectivity index (χ0v) is 12.1. The van der Waals surface area contributed by atoms with Crippen molar-refractivity contribution in [2.75, 3.05) is 0 Å². The summed E-state index contributed by atoms with van der Waals surface area (Å²) >= 11 is 5.90. The molecule has 0 aliphatic rings. The zero-order chi connectivity index (χ0) is 15.0. The molecular weight excluding hydrogens is 290 g/mol. The number of benzene rings is 2. The Kier molecular flexibility index (Phi) is 3.39. The highest BCUT2D eigenvalue weighted by Crippen LogP contribution is 2.16. The van der Waals surface area contributed by atoms with E-state index in [0.717, 1.165) is 16.6 Å². The molecule has 0 saturated carbocycles. The van der Waals surface area contributed by atoms with E-state index in [0.29, 0.717) is 10.7 Å². The van der Waals surface area contributed by atoms with E-state index < -0.39 is 11.3 Å². The summed E-state index contributed by atoms with van der Waals surface area (Å²) in [4.78, 5) is 24.6. The number of halogens is 1. The maximum absolute atomic E-state index is 12.5. The molecule has 4 nitrogen and oxygen atoms in total. The molecule has 3 aromatic rings. The lowest BCUT2D eigenvalue weighted by atomic mass is 10.1. The number of aromatic nitrogens is 1. The van der Waals surface area contributed by atoms with Gasteiger partial charge in [0.25, 0.3) is 5.56 Å². The van der Waals surface area contributed by atoms with Crippen LogP contribution in [-0.2, 0) is 6.42 Å². The second kappa shape index (κ2) is 5.22. The van der Waals surface area contributed by atoms with Crippen LogP contribution in [0.15, 0.2) is 56.5 Å². The van der Waals surface area contributed by atoms with E-state index in [9.17, 15) is 9.59 Å². The average Bonchev–Trinajstić information content (AvgIpc) is 2.49. The number of nitrogens with zero attached hydrogens (tertiary/aromatic N) is 1. The van der Waals surface area contributed by atoms with Crippen molar-refractivity contribution in [3.63, 3.8) is 0 Å². The second-order valence-corrected chi connectivity index (χ2v) is 5.11. The maximum Gasteiger partial charge on any atom is 0.426 e. The minimum absolute atomic E-state index is 0.232. The molecule has 0 aliphatic carbocycles. The van der Waals surface area contributed by atoms with Crippen molar-refractivity contribution in [3.05, 3.63) is 74.0 Å². The third-order valence-electron chi connectivity index (χ3n) is 3.36. The maximum atomic E-state index is 12.5. The molecule has 3 rings (SSSR count). The highest BCUT2D eigenvalue weighted by molar-refractivity contribution is 6.31. The fourth-order valence-electron chi connectivity index (χ4n) is 2.20. The predicted octanol–water partition coefficient (Wildman–Crippen LogP) is 3.16. The van der Waals surface area contributed by atoms with Crippen molar-refractivity contribution in [2.24, 2.45) is 0 Å². The van der Waals surface area contributed by atoms with Gasteiger partial charge >= 0.3 is 5.76 Å². The van der Waals surface area contributed by atoms with Crippen LogP contribution in [0, 0.1) is 0 Å². The summed E-state index contributed by atoms with van der Waals surface area (Å²) in [6.45, 7) is 2.04. The third kappa shape index (κ3) is 2.38. The molecule has 0 unspecified atom stereocenters. The molecule has 21 heavy (non-hydrogen) atoms. The lowest BCUT2D eigenvalue weighted by Crippen LogP contribution is -2.30. The summed E-state index contributed by atoms with van der Waals surface area (Å²) in [6, 6.07) is 11.8. The van der Waals surface area contributed by atoms with Gasteiger partial charge in [-0.2, -0.15) is 0 Å². The minimum atomic E-state index is -0.709. The third-order valence-corrected chi connectivity index (χ3v) is 3.59. The van der Waals surface area contributed by atoms with E-state index in [-0.39, 0.29) is 11.0 Å². The molecule has 1 aromatic heterocycles. The smallest absolute Gasteiger partial charge is 0.409 e. The quantitative estimate of drug-likeness (QED) is 0.730. The second-order valence-electron chi connectivity index (χ2n) is 4.67. The summed E-state index contributed by atoms with van der Waals surface area (Å²) in [5, 5.41) is 0.697. The van der Waals surface area contributed by atoms with E-state index in [1.54, 1.807) is 18.2 Å².